The zero-order valence-corrected chi connectivity index (χ0v) is 12.1. The first-order chi connectivity index (χ1) is 8.06. The predicted molar refractivity (Wildman–Crippen MR) is 76.8 cm³/mol. The van der Waals surface area contributed by atoms with E-state index in [1.807, 2.05) is 18.2 Å². The van der Waals surface area contributed by atoms with E-state index in [0.29, 0.717) is 10.0 Å². The van der Waals surface area contributed by atoms with E-state index in [0.717, 1.165) is 24.3 Å². The van der Waals surface area contributed by atoms with Crippen molar-refractivity contribution < 1.29 is 0 Å². The summed E-state index contributed by atoms with van der Waals surface area (Å²) >= 11 is 11.9. The molecule has 0 aliphatic rings. The number of nitrogens with two attached hydrogens (primary N) is 1. The molecule has 0 aliphatic carbocycles. The molecule has 1 atom stereocenters. The molecular formula is C14H21Cl2N. The van der Waals surface area contributed by atoms with Gasteiger partial charge in [-0.2, -0.15) is 0 Å². The Morgan fingerprint density at radius 2 is 1.76 bits per heavy atom. The maximum atomic E-state index is 6.17. The van der Waals surface area contributed by atoms with Crippen LogP contribution in [0.5, 0.6) is 0 Å². The minimum Gasteiger partial charge on any atom is -0.327 e. The fraction of sp³-hybridized carbons (Fsp3) is 0.571. The number of rotatable bonds is 6. The van der Waals surface area contributed by atoms with Gasteiger partial charge in [0.05, 0.1) is 10.0 Å². The zero-order chi connectivity index (χ0) is 12.8. The van der Waals surface area contributed by atoms with Gasteiger partial charge in [0.25, 0.3) is 0 Å². The Balaban J connectivity index is 2.55. The molecule has 96 valence electrons. The average Bonchev–Trinajstić information content (AvgIpc) is 2.31. The molecular weight excluding hydrogens is 253 g/mol. The van der Waals surface area contributed by atoms with Crippen molar-refractivity contribution in [1.29, 1.82) is 0 Å². The number of benzene rings is 1. The Morgan fingerprint density at radius 3 is 2.29 bits per heavy atom. The highest BCUT2D eigenvalue weighted by Crippen LogP contribution is 2.24. The van der Waals surface area contributed by atoms with Crippen LogP contribution in [0.15, 0.2) is 18.2 Å². The van der Waals surface area contributed by atoms with Crippen molar-refractivity contribution in [2.45, 2.75) is 45.6 Å². The van der Waals surface area contributed by atoms with Crippen LogP contribution in [0.3, 0.4) is 0 Å². The lowest BCUT2D eigenvalue weighted by Gasteiger charge is -2.18. The van der Waals surface area contributed by atoms with E-state index in [2.05, 4.69) is 13.8 Å². The summed E-state index contributed by atoms with van der Waals surface area (Å²) in [6.07, 6.45) is 4.35. The SMILES string of the molecule is CCC(CC)CC(N)Cc1ccc(Cl)c(Cl)c1. The van der Waals surface area contributed by atoms with Crippen molar-refractivity contribution in [3.63, 3.8) is 0 Å². The van der Waals surface area contributed by atoms with Crippen LogP contribution in [0.25, 0.3) is 0 Å². The van der Waals surface area contributed by atoms with E-state index in [9.17, 15) is 0 Å². The highest BCUT2D eigenvalue weighted by Gasteiger charge is 2.11. The molecule has 0 saturated carbocycles. The summed E-state index contributed by atoms with van der Waals surface area (Å²) in [5.41, 5.74) is 7.33. The maximum Gasteiger partial charge on any atom is 0.0595 e. The van der Waals surface area contributed by atoms with Crippen molar-refractivity contribution >= 4 is 23.2 Å². The highest BCUT2D eigenvalue weighted by molar-refractivity contribution is 6.42. The Kier molecular flexibility index (Phi) is 6.32. The molecule has 0 saturated heterocycles. The van der Waals surface area contributed by atoms with Gasteiger partial charge in [0, 0.05) is 6.04 Å². The van der Waals surface area contributed by atoms with Gasteiger partial charge in [-0.05, 0) is 36.5 Å². The van der Waals surface area contributed by atoms with Gasteiger partial charge in [-0.3, -0.25) is 0 Å². The molecule has 0 heterocycles. The summed E-state index contributed by atoms with van der Waals surface area (Å²) in [5, 5.41) is 1.21. The van der Waals surface area contributed by atoms with Crippen LogP contribution in [0, 0.1) is 5.92 Å². The number of halogens is 2. The highest BCUT2D eigenvalue weighted by atomic mass is 35.5. The third-order valence-corrected chi connectivity index (χ3v) is 4.01. The second-order valence-corrected chi connectivity index (χ2v) is 5.45. The minimum atomic E-state index is 0.206. The van der Waals surface area contributed by atoms with Crippen LogP contribution in [0.1, 0.15) is 38.7 Å². The monoisotopic (exact) mass is 273 g/mol. The molecule has 0 aromatic heterocycles. The van der Waals surface area contributed by atoms with Gasteiger partial charge in [-0.1, -0.05) is 56.0 Å². The summed E-state index contributed by atoms with van der Waals surface area (Å²) in [5.74, 6) is 0.729. The standard InChI is InChI=1S/C14H21Cl2N/c1-3-10(4-2)7-12(17)8-11-5-6-13(15)14(16)9-11/h5-6,9-10,12H,3-4,7-8,17H2,1-2H3. The van der Waals surface area contributed by atoms with E-state index >= 15 is 0 Å². The second kappa shape index (κ2) is 7.25. The fourth-order valence-electron chi connectivity index (χ4n) is 2.10. The molecule has 1 aromatic rings. The number of hydrogen-bond acceptors (Lipinski definition) is 1. The Morgan fingerprint density at radius 1 is 1.12 bits per heavy atom. The minimum absolute atomic E-state index is 0.206. The van der Waals surface area contributed by atoms with E-state index < -0.39 is 0 Å². The van der Waals surface area contributed by atoms with Gasteiger partial charge in [0.15, 0.2) is 0 Å². The molecule has 17 heavy (non-hydrogen) atoms. The third-order valence-electron chi connectivity index (χ3n) is 3.27. The fourth-order valence-corrected chi connectivity index (χ4v) is 2.42. The van der Waals surface area contributed by atoms with Crippen LogP contribution in [0.4, 0.5) is 0 Å². The molecule has 1 rings (SSSR count). The predicted octanol–water partition coefficient (Wildman–Crippen LogP) is 4.69. The normalized spacial score (nSPS) is 13.1. The van der Waals surface area contributed by atoms with Gasteiger partial charge in [-0.25, -0.2) is 0 Å². The van der Waals surface area contributed by atoms with Crippen molar-refractivity contribution in [2.75, 3.05) is 0 Å². The van der Waals surface area contributed by atoms with Crippen molar-refractivity contribution in [3.05, 3.63) is 33.8 Å². The third kappa shape index (κ3) is 4.87. The Labute approximate surface area is 114 Å². The van der Waals surface area contributed by atoms with Crippen LogP contribution >= 0.6 is 23.2 Å². The first kappa shape index (κ1) is 14.8. The first-order valence-corrected chi connectivity index (χ1v) is 7.01. The molecule has 1 unspecified atom stereocenters. The van der Waals surface area contributed by atoms with Gasteiger partial charge < -0.3 is 5.73 Å². The van der Waals surface area contributed by atoms with E-state index in [-0.39, 0.29) is 6.04 Å². The zero-order valence-electron chi connectivity index (χ0n) is 10.5. The summed E-state index contributed by atoms with van der Waals surface area (Å²) in [7, 11) is 0. The summed E-state index contributed by atoms with van der Waals surface area (Å²) in [4.78, 5) is 0. The topological polar surface area (TPSA) is 26.0 Å². The lowest BCUT2D eigenvalue weighted by atomic mass is 9.92. The molecule has 0 fully saturated rings. The van der Waals surface area contributed by atoms with Gasteiger partial charge in [0.1, 0.15) is 0 Å². The molecule has 0 amide bonds. The summed E-state index contributed by atoms with van der Waals surface area (Å²) < 4.78 is 0. The van der Waals surface area contributed by atoms with Gasteiger partial charge in [-0.15, -0.1) is 0 Å². The number of hydrogen-bond donors (Lipinski definition) is 1. The second-order valence-electron chi connectivity index (χ2n) is 4.63. The molecule has 1 nitrogen and oxygen atoms in total. The lowest BCUT2D eigenvalue weighted by molar-refractivity contribution is 0.407. The first-order valence-electron chi connectivity index (χ1n) is 6.26. The van der Waals surface area contributed by atoms with E-state index in [1.54, 1.807) is 0 Å². The summed E-state index contributed by atoms with van der Waals surface area (Å²) in [6.45, 7) is 4.44. The molecule has 3 heteroatoms. The van der Waals surface area contributed by atoms with E-state index in [4.69, 9.17) is 28.9 Å². The van der Waals surface area contributed by atoms with E-state index in [1.165, 1.54) is 12.8 Å². The Hall–Kier alpha value is -0.240. The van der Waals surface area contributed by atoms with Crippen LogP contribution in [0.2, 0.25) is 10.0 Å². The Bertz CT molecular complexity index is 348. The average molecular weight is 274 g/mol. The van der Waals surface area contributed by atoms with Crippen molar-refractivity contribution in [1.82, 2.24) is 0 Å². The van der Waals surface area contributed by atoms with Crippen LogP contribution in [-0.4, -0.2) is 6.04 Å². The maximum absolute atomic E-state index is 6.17. The molecule has 0 spiro atoms. The van der Waals surface area contributed by atoms with Crippen LogP contribution in [-0.2, 0) is 6.42 Å². The van der Waals surface area contributed by atoms with Crippen LogP contribution < -0.4 is 5.73 Å². The van der Waals surface area contributed by atoms with Gasteiger partial charge in [0.2, 0.25) is 0 Å². The quantitative estimate of drug-likeness (QED) is 0.800. The largest absolute Gasteiger partial charge is 0.327 e. The molecule has 0 radical (unpaired) electrons. The molecule has 0 aliphatic heterocycles. The van der Waals surface area contributed by atoms with Crippen molar-refractivity contribution in [2.24, 2.45) is 11.7 Å². The smallest absolute Gasteiger partial charge is 0.0595 e. The molecule has 2 N–H and O–H groups in total. The van der Waals surface area contributed by atoms with Crippen molar-refractivity contribution in [3.8, 4) is 0 Å². The van der Waals surface area contributed by atoms with Gasteiger partial charge >= 0.3 is 0 Å². The molecule has 0 bridgehead atoms. The lowest BCUT2D eigenvalue weighted by Crippen LogP contribution is -2.25. The molecule has 1 aromatic carbocycles. The summed E-state index contributed by atoms with van der Waals surface area (Å²) in [6, 6.07) is 5.96.